The Morgan fingerprint density at radius 3 is 2.95 bits per heavy atom. The SMILES string of the molecule is O=C(Cn1cccn1)OCC(=O)c1ccc2c(c1)OCO2. The van der Waals surface area contributed by atoms with Gasteiger partial charge in [-0.25, -0.2) is 0 Å². The van der Waals surface area contributed by atoms with Crippen molar-refractivity contribution in [1.82, 2.24) is 9.78 Å². The molecule has 7 nitrogen and oxygen atoms in total. The fourth-order valence-corrected chi connectivity index (χ4v) is 1.87. The molecule has 0 saturated heterocycles. The number of benzene rings is 1. The lowest BCUT2D eigenvalue weighted by atomic mass is 10.1. The minimum absolute atomic E-state index is 0.0264. The Balaban J connectivity index is 1.55. The van der Waals surface area contributed by atoms with E-state index in [4.69, 9.17) is 14.2 Å². The van der Waals surface area contributed by atoms with E-state index in [0.29, 0.717) is 17.1 Å². The Hall–Kier alpha value is -2.83. The van der Waals surface area contributed by atoms with Gasteiger partial charge in [-0.15, -0.1) is 0 Å². The molecule has 2 heterocycles. The zero-order valence-corrected chi connectivity index (χ0v) is 11.0. The lowest BCUT2D eigenvalue weighted by Crippen LogP contribution is -2.18. The predicted molar refractivity (Wildman–Crippen MR) is 70.1 cm³/mol. The summed E-state index contributed by atoms with van der Waals surface area (Å²) >= 11 is 0. The molecule has 21 heavy (non-hydrogen) atoms. The molecule has 1 aliphatic heterocycles. The first kappa shape index (κ1) is 13.2. The molecular formula is C14H12N2O5. The van der Waals surface area contributed by atoms with Gasteiger partial charge in [-0.05, 0) is 24.3 Å². The lowest BCUT2D eigenvalue weighted by Gasteiger charge is -2.05. The monoisotopic (exact) mass is 288 g/mol. The van der Waals surface area contributed by atoms with E-state index in [1.807, 2.05) is 0 Å². The van der Waals surface area contributed by atoms with Gasteiger partial charge in [-0.3, -0.25) is 14.3 Å². The van der Waals surface area contributed by atoms with Gasteiger partial charge in [0.05, 0.1) is 0 Å². The molecule has 1 aliphatic rings. The average Bonchev–Trinajstić information content (AvgIpc) is 3.14. The van der Waals surface area contributed by atoms with E-state index in [2.05, 4.69) is 5.10 Å². The smallest absolute Gasteiger partial charge is 0.328 e. The number of aromatic nitrogens is 2. The first-order valence-corrected chi connectivity index (χ1v) is 6.28. The first-order chi connectivity index (χ1) is 10.2. The summed E-state index contributed by atoms with van der Waals surface area (Å²) in [5.74, 6) is 0.292. The number of carbonyl (C=O) groups excluding carboxylic acids is 2. The second-order valence-corrected chi connectivity index (χ2v) is 4.36. The fourth-order valence-electron chi connectivity index (χ4n) is 1.87. The number of nitrogens with zero attached hydrogens (tertiary/aromatic N) is 2. The Morgan fingerprint density at radius 2 is 2.14 bits per heavy atom. The third kappa shape index (κ3) is 3.02. The summed E-state index contributed by atoms with van der Waals surface area (Å²) in [4.78, 5) is 23.5. The highest BCUT2D eigenvalue weighted by atomic mass is 16.7. The lowest BCUT2D eigenvalue weighted by molar-refractivity contribution is -0.143. The van der Waals surface area contributed by atoms with Crippen LogP contribution in [-0.2, 0) is 16.1 Å². The third-order valence-electron chi connectivity index (χ3n) is 2.91. The highest BCUT2D eigenvalue weighted by Gasteiger charge is 2.17. The number of hydrogen-bond acceptors (Lipinski definition) is 6. The normalized spacial score (nSPS) is 12.2. The van der Waals surface area contributed by atoms with Gasteiger partial charge in [0.2, 0.25) is 6.79 Å². The van der Waals surface area contributed by atoms with Crippen LogP contribution in [0.2, 0.25) is 0 Å². The van der Waals surface area contributed by atoms with Gasteiger partial charge in [0.25, 0.3) is 0 Å². The first-order valence-electron chi connectivity index (χ1n) is 6.28. The summed E-state index contributed by atoms with van der Waals surface area (Å²) in [5, 5.41) is 3.88. The van der Waals surface area contributed by atoms with Crippen LogP contribution in [0.3, 0.4) is 0 Å². The van der Waals surface area contributed by atoms with Gasteiger partial charge in [0.15, 0.2) is 23.9 Å². The van der Waals surface area contributed by atoms with Crippen molar-refractivity contribution in [3.63, 3.8) is 0 Å². The minimum atomic E-state index is -0.521. The van der Waals surface area contributed by atoms with Crippen molar-refractivity contribution in [2.24, 2.45) is 0 Å². The topological polar surface area (TPSA) is 79.7 Å². The Bertz CT molecular complexity index is 666. The van der Waals surface area contributed by atoms with Crippen molar-refractivity contribution < 1.29 is 23.8 Å². The van der Waals surface area contributed by atoms with Crippen molar-refractivity contribution in [3.8, 4) is 11.5 Å². The van der Waals surface area contributed by atoms with Crippen molar-refractivity contribution in [2.45, 2.75) is 6.54 Å². The zero-order valence-electron chi connectivity index (χ0n) is 11.0. The van der Waals surface area contributed by atoms with Crippen LogP contribution in [0.15, 0.2) is 36.7 Å². The van der Waals surface area contributed by atoms with Gasteiger partial charge < -0.3 is 14.2 Å². The molecule has 0 radical (unpaired) electrons. The molecule has 0 N–H and O–H groups in total. The van der Waals surface area contributed by atoms with E-state index < -0.39 is 5.97 Å². The van der Waals surface area contributed by atoms with Gasteiger partial charge in [0.1, 0.15) is 6.54 Å². The molecule has 1 aromatic heterocycles. The molecule has 7 heteroatoms. The van der Waals surface area contributed by atoms with E-state index in [1.54, 1.807) is 36.7 Å². The van der Waals surface area contributed by atoms with Crippen molar-refractivity contribution in [3.05, 3.63) is 42.2 Å². The average molecular weight is 288 g/mol. The molecule has 0 atom stereocenters. The third-order valence-corrected chi connectivity index (χ3v) is 2.91. The maximum Gasteiger partial charge on any atom is 0.328 e. The summed E-state index contributed by atoms with van der Waals surface area (Å²) in [6.45, 7) is -0.201. The number of fused-ring (bicyclic) bond motifs is 1. The van der Waals surface area contributed by atoms with Crippen LogP contribution in [0.1, 0.15) is 10.4 Å². The molecule has 0 aliphatic carbocycles. The number of ketones is 1. The standard InChI is InChI=1S/C14H12N2O5/c17-11(8-19-14(18)7-16-5-1-4-15-16)10-2-3-12-13(6-10)21-9-20-12/h1-6H,7-9H2. The maximum absolute atomic E-state index is 12.0. The molecule has 0 saturated carbocycles. The van der Waals surface area contributed by atoms with Crippen molar-refractivity contribution >= 4 is 11.8 Å². The van der Waals surface area contributed by atoms with E-state index >= 15 is 0 Å². The van der Waals surface area contributed by atoms with Gasteiger partial charge in [-0.1, -0.05) is 0 Å². The van der Waals surface area contributed by atoms with Crippen molar-refractivity contribution in [1.29, 1.82) is 0 Å². The van der Waals surface area contributed by atoms with Crippen molar-refractivity contribution in [2.75, 3.05) is 13.4 Å². The number of carbonyl (C=O) groups is 2. The van der Waals surface area contributed by atoms with Crippen LogP contribution < -0.4 is 9.47 Å². The molecule has 0 amide bonds. The highest BCUT2D eigenvalue weighted by molar-refractivity contribution is 5.98. The van der Waals surface area contributed by atoms with Crippen LogP contribution in [0.4, 0.5) is 0 Å². The summed E-state index contributed by atoms with van der Waals surface area (Å²) in [5.41, 5.74) is 0.408. The fraction of sp³-hybridized carbons (Fsp3) is 0.214. The van der Waals surface area contributed by atoms with Crippen LogP contribution in [0, 0.1) is 0 Å². The second-order valence-electron chi connectivity index (χ2n) is 4.36. The second kappa shape index (κ2) is 5.66. The number of rotatable bonds is 5. The molecule has 2 aromatic rings. The van der Waals surface area contributed by atoms with E-state index in [-0.39, 0.29) is 25.7 Å². The van der Waals surface area contributed by atoms with Crippen LogP contribution in [-0.4, -0.2) is 34.9 Å². The van der Waals surface area contributed by atoms with Gasteiger partial charge in [0, 0.05) is 18.0 Å². The molecule has 0 bridgehead atoms. The van der Waals surface area contributed by atoms with E-state index in [9.17, 15) is 9.59 Å². The van der Waals surface area contributed by atoms with Crippen LogP contribution >= 0.6 is 0 Å². The van der Waals surface area contributed by atoms with Crippen LogP contribution in [0.25, 0.3) is 0 Å². The number of hydrogen-bond donors (Lipinski definition) is 0. The number of esters is 1. The molecule has 0 unspecified atom stereocenters. The molecular weight excluding hydrogens is 276 g/mol. The molecule has 1 aromatic carbocycles. The molecule has 0 spiro atoms. The number of Topliss-reactive ketones (excluding diaryl/α,β-unsaturated/α-hetero) is 1. The quantitative estimate of drug-likeness (QED) is 0.604. The Morgan fingerprint density at radius 1 is 1.29 bits per heavy atom. The molecule has 3 rings (SSSR count). The number of ether oxygens (including phenoxy) is 3. The summed E-state index contributed by atoms with van der Waals surface area (Å²) < 4.78 is 16.7. The Labute approximate surface area is 120 Å². The van der Waals surface area contributed by atoms with E-state index in [1.165, 1.54) is 4.68 Å². The van der Waals surface area contributed by atoms with Crippen LogP contribution in [0.5, 0.6) is 11.5 Å². The Kier molecular flexibility index (Phi) is 3.55. The molecule has 108 valence electrons. The van der Waals surface area contributed by atoms with Gasteiger partial charge >= 0.3 is 5.97 Å². The summed E-state index contributed by atoms with van der Waals surface area (Å²) in [6.07, 6.45) is 3.20. The zero-order chi connectivity index (χ0) is 14.7. The largest absolute Gasteiger partial charge is 0.456 e. The predicted octanol–water partition coefficient (Wildman–Crippen LogP) is 1.04. The summed E-state index contributed by atoms with van der Waals surface area (Å²) in [6, 6.07) is 6.54. The summed E-state index contributed by atoms with van der Waals surface area (Å²) in [7, 11) is 0. The minimum Gasteiger partial charge on any atom is -0.456 e. The maximum atomic E-state index is 12.0. The molecule has 0 fully saturated rings. The highest BCUT2D eigenvalue weighted by Crippen LogP contribution is 2.32. The van der Waals surface area contributed by atoms with Gasteiger partial charge in [-0.2, -0.15) is 5.10 Å². The van der Waals surface area contributed by atoms with E-state index in [0.717, 1.165) is 0 Å².